The molecule has 0 spiro atoms. The van der Waals surface area contributed by atoms with Crippen molar-refractivity contribution in [3.63, 3.8) is 0 Å². The fourth-order valence-electron chi connectivity index (χ4n) is 3.40. The number of aromatic nitrogens is 3. The maximum absolute atomic E-state index is 6.37. The molecule has 0 saturated carbocycles. The molecule has 0 aliphatic carbocycles. The molecule has 1 unspecified atom stereocenters. The number of nitrogens with one attached hydrogen (secondary N) is 1. The van der Waals surface area contributed by atoms with Gasteiger partial charge in [0.15, 0.2) is 5.82 Å². The Morgan fingerprint density at radius 2 is 2.12 bits per heavy atom. The Kier molecular flexibility index (Phi) is 5.19. The van der Waals surface area contributed by atoms with Gasteiger partial charge >= 0.3 is 0 Å². The zero-order chi connectivity index (χ0) is 17.1. The van der Waals surface area contributed by atoms with Gasteiger partial charge < -0.3 is 10.2 Å². The summed E-state index contributed by atoms with van der Waals surface area (Å²) in [5, 5.41) is 12.2. The lowest BCUT2D eigenvalue weighted by Crippen LogP contribution is -2.39. The van der Waals surface area contributed by atoms with Crippen LogP contribution in [0.3, 0.4) is 0 Å². The van der Waals surface area contributed by atoms with Crippen LogP contribution >= 0.6 is 11.6 Å². The van der Waals surface area contributed by atoms with Gasteiger partial charge in [-0.2, -0.15) is 10.1 Å². The summed E-state index contributed by atoms with van der Waals surface area (Å²) in [7, 11) is 0. The summed E-state index contributed by atoms with van der Waals surface area (Å²) in [6.45, 7) is 7.31. The van der Waals surface area contributed by atoms with Crippen LogP contribution in [0.15, 0.2) is 18.3 Å². The molecular weight excluding hydrogens is 322 g/mol. The topological polar surface area (TPSA) is 53.9 Å². The average Bonchev–Trinajstić information content (AvgIpc) is 2.58. The van der Waals surface area contributed by atoms with E-state index in [1.165, 1.54) is 19.3 Å². The van der Waals surface area contributed by atoms with E-state index in [9.17, 15) is 0 Å². The lowest BCUT2D eigenvalue weighted by molar-refractivity contribution is 0.446. The zero-order valence-corrected chi connectivity index (χ0v) is 15.3. The molecule has 0 amide bonds. The third kappa shape index (κ3) is 3.61. The van der Waals surface area contributed by atoms with Gasteiger partial charge in [0.2, 0.25) is 5.95 Å². The summed E-state index contributed by atoms with van der Waals surface area (Å²) in [5.74, 6) is 1.38. The van der Waals surface area contributed by atoms with Gasteiger partial charge in [-0.05, 0) is 56.7 Å². The lowest BCUT2D eigenvalue weighted by Gasteiger charge is -2.35. The first-order chi connectivity index (χ1) is 11.6. The van der Waals surface area contributed by atoms with Gasteiger partial charge in [0.05, 0.1) is 16.9 Å². The van der Waals surface area contributed by atoms with E-state index < -0.39 is 0 Å². The van der Waals surface area contributed by atoms with Crippen LogP contribution in [0.5, 0.6) is 0 Å². The van der Waals surface area contributed by atoms with E-state index >= 15 is 0 Å². The first-order valence-corrected chi connectivity index (χ1v) is 8.96. The Balaban J connectivity index is 1.86. The number of rotatable bonds is 4. The number of hydrogen-bond donors (Lipinski definition) is 1. The van der Waals surface area contributed by atoms with Crippen molar-refractivity contribution in [1.29, 1.82) is 0 Å². The molecule has 1 aliphatic heterocycles. The molecule has 5 nitrogen and oxygen atoms in total. The Morgan fingerprint density at radius 1 is 1.29 bits per heavy atom. The molecule has 1 fully saturated rings. The van der Waals surface area contributed by atoms with Crippen LogP contribution in [0.2, 0.25) is 5.02 Å². The summed E-state index contributed by atoms with van der Waals surface area (Å²) in [6.07, 6.45) is 6.58. The largest absolute Gasteiger partial charge is 0.352 e. The van der Waals surface area contributed by atoms with Crippen LogP contribution in [-0.4, -0.2) is 27.8 Å². The number of halogens is 1. The molecule has 1 saturated heterocycles. The molecule has 1 N–H and O–H groups in total. The van der Waals surface area contributed by atoms with E-state index in [4.69, 9.17) is 11.6 Å². The Bertz CT molecular complexity index is 695. The van der Waals surface area contributed by atoms with E-state index in [2.05, 4.69) is 38.4 Å². The predicted molar refractivity (Wildman–Crippen MR) is 99.3 cm³/mol. The van der Waals surface area contributed by atoms with Crippen molar-refractivity contribution in [2.75, 3.05) is 16.8 Å². The molecule has 1 aromatic carbocycles. The monoisotopic (exact) mass is 345 g/mol. The van der Waals surface area contributed by atoms with Gasteiger partial charge in [0.25, 0.3) is 0 Å². The highest BCUT2D eigenvalue weighted by molar-refractivity contribution is 6.33. The summed E-state index contributed by atoms with van der Waals surface area (Å²) in [6, 6.07) is 4.56. The molecule has 1 aromatic heterocycles. The molecule has 3 rings (SSSR count). The molecule has 128 valence electrons. The highest BCUT2D eigenvalue weighted by atomic mass is 35.5. The molecule has 1 atom stereocenters. The normalized spacial score (nSPS) is 17.8. The maximum Gasteiger partial charge on any atom is 0.249 e. The molecule has 24 heavy (non-hydrogen) atoms. The molecular formula is C18H24ClN5. The smallest absolute Gasteiger partial charge is 0.249 e. The van der Waals surface area contributed by atoms with Gasteiger partial charge in [0, 0.05) is 12.6 Å². The van der Waals surface area contributed by atoms with Crippen molar-refractivity contribution in [2.45, 2.75) is 52.5 Å². The van der Waals surface area contributed by atoms with Crippen LogP contribution in [0.25, 0.3) is 0 Å². The summed E-state index contributed by atoms with van der Waals surface area (Å²) < 4.78 is 0. The molecule has 0 radical (unpaired) electrons. The van der Waals surface area contributed by atoms with Gasteiger partial charge in [-0.3, -0.25) is 0 Å². The second kappa shape index (κ2) is 7.34. The SMILES string of the molecule is CCC1CCCCN1c1cnnc(Nc2c(C)cc(C)cc2Cl)n1. The second-order valence-electron chi connectivity index (χ2n) is 6.45. The van der Waals surface area contributed by atoms with Crippen LogP contribution in [0, 0.1) is 13.8 Å². The molecule has 0 bridgehead atoms. The number of nitrogens with zero attached hydrogens (tertiary/aromatic N) is 4. The zero-order valence-electron chi connectivity index (χ0n) is 14.5. The molecule has 6 heteroatoms. The van der Waals surface area contributed by atoms with Crippen LogP contribution in [-0.2, 0) is 0 Å². The molecule has 2 aromatic rings. The van der Waals surface area contributed by atoms with E-state index in [0.29, 0.717) is 17.0 Å². The number of piperidine rings is 1. The first-order valence-electron chi connectivity index (χ1n) is 8.58. The number of anilines is 3. The molecule has 1 aliphatic rings. The Labute approximate surface area is 148 Å². The highest BCUT2D eigenvalue weighted by Crippen LogP contribution is 2.30. The van der Waals surface area contributed by atoms with E-state index in [1.807, 2.05) is 19.9 Å². The van der Waals surface area contributed by atoms with Crippen molar-refractivity contribution < 1.29 is 0 Å². The van der Waals surface area contributed by atoms with Gasteiger partial charge in [-0.1, -0.05) is 24.6 Å². The number of hydrogen-bond acceptors (Lipinski definition) is 5. The summed E-state index contributed by atoms with van der Waals surface area (Å²) in [4.78, 5) is 7.03. The van der Waals surface area contributed by atoms with Crippen molar-refractivity contribution in [2.24, 2.45) is 0 Å². The highest BCUT2D eigenvalue weighted by Gasteiger charge is 2.22. The third-order valence-electron chi connectivity index (χ3n) is 4.61. The summed E-state index contributed by atoms with van der Waals surface area (Å²) in [5.41, 5.74) is 3.04. The predicted octanol–water partition coefficient (Wildman–Crippen LogP) is 4.65. The first kappa shape index (κ1) is 17.0. The van der Waals surface area contributed by atoms with Crippen molar-refractivity contribution in [3.05, 3.63) is 34.5 Å². The minimum atomic E-state index is 0.488. The Morgan fingerprint density at radius 3 is 2.88 bits per heavy atom. The lowest BCUT2D eigenvalue weighted by atomic mass is 10.0. The molecule has 2 heterocycles. The van der Waals surface area contributed by atoms with Crippen molar-refractivity contribution in [3.8, 4) is 0 Å². The Hall–Kier alpha value is -1.88. The van der Waals surface area contributed by atoms with Crippen molar-refractivity contribution >= 4 is 29.1 Å². The number of benzene rings is 1. The number of aryl methyl sites for hydroxylation is 2. The van der Waals surface area contributed by atoms with E-state index in [1.54, 1.807) is 6.20 Å². The van der Waals surface area contributed by atoms with Crippen molar-refractivity contribution in [1.82, 2.24) is 15.2 Å². The summed E-state index contributed by atoms with van der Waals surface area (Å²) >= 11 is 6.37. The van der Waals surface area contributed by atoms with E-state index in [0.717, 1.165) is 35.6 Å². The van der Waals surface area contributed by atoms with E-state index in [-0.39, 0.29) is 0 Å². The van der Waals surface area contributed by atoms with Gasteiger partial charge in [0.1, 0.15) is 0 Å². The minimum Gasteiger partial charge on any atom is -0.352 e. The quantitative estimate of drug-likeness (QED) is 0.873. The van der Waals surface area contributed by atoms with Crippen LogP contribution in [0.4, 0.5) is 17.5 Å². The standard InChI is InChI=1S/C18H24ClN5/c1-4-14-7-5-6-8-24(14)16-11-20-23-18(21-16)22-17-13(3)9-12(2)10-15(17)19/h9-11,14H,4-8H2,1-3H3,(H,21,22,23). The van der Waals surface area contributed by atoms with Gasteiger partial charge in [-0.15, -0.1) is 5.10 Å². The van der Waals surface area contributed by atoms with Crippen LogP contribution in [0.1, 0.15) is 43.7 Å². The van der Waals surface area contributed by atoms with Crippen LogP contribution < -0.4 is 10.2 Å². The maximum atomic E-state index is 6.37. The minimum absolute atomic E-state index is 0.488. The average molecular weight is 346 g/mol. The fourth-order valence-corrected chi connectivity index (χ4v) is 3.77. The van der Waals surface area contributed by atoms with Gasteiger partial charge in [-0.25, -0.2) is 0 Å². The second-order valence-corrected chi connectivity index (χ2v) is 6.86. The fraction of sp³-hybridized carbons (Fsp3) is 0.500. The third-order valence-corrected chi connectivity index (χ3v) is 4.91.